The molecule has 2 aromatic rings. The average Bonchev–Trinajstić information content (AvgIpc) is 2.86. The van der Waals surface area contributed by atoms with Crippen LogP contribution in [0.4, 0.5) is 42.4 Å². The number of ether oxygens (including phenoxy) is 1. The van der Waals surface area contributed by atoms with E-state index >= 15 is 0 Å². The lowest BCUT2D eigenvalue weighted by atomic mass is 10.1. The van der Waals surface area contributed by atoms with Crippen LogP contribution in [0.25, 0.3) is 0 Å². The van der Waals surface area contributed by atoms with E-state index in [0.29, 0.717) is 43.6 Å². The summed E-state index contributed by atoms with van der Waals surface area (Å²) in [6, 6.07) is 4.85. The summed E-state index contributed by atoms with van der Waals surface area (Å²) in [5.74, 6) is -2.72. The van der Waals surface area contributed by atoms with Crippen molar-refractivity contribution in [3.63, 3.8) is 0 Å². The van der Waals surface area contributed by atoms with Gasteiger partial charge in [0.25, 0.3) is 0 Å². The number of amides is 1. The molecule has 10 nitrogen and oxygen atoms in total. The van der Waals surface area contributed by atoms with Gasteiger partial charge < -0.3 is 25.0 Å². The Morgan fingerprint density at radius 2 is 1.83 bits per heavy atom. The van der Waals surface area contributed by atoms with E-state index in [-0.39, 0.29) is 24.6 Å². The number of nitrogens with zero attached hydrogens (tertiary/aromatic N) is 5. The van der Waals surface area contributed by atoms with E-state index in [4.69, 9.17) is 14.6 Å². The first-order valence-corrected chi connectivity index (χ1v) is 12.0. The van der Waals surface area contributed by atoms with Crippen molar-refractivity contribution in [1.29, 1.82) is 0 Å². The first-order valence-electron chi connectivity index (χ1n) is 12.0. The summed E-state index contributed by atoms with van der Waals surface area (Å²) in [4.78, 5) is 34.8. The third-order valence-electron chi connectivity index (χ3n) is 5.73. The summed E-state index contributed by atoms with van der Waals surface area (Å²) in [7, 11) is 4.88. The van der Waals surface area contributed by atoms with E-state index < -0.39 is 29.7 Å². The maximum Gasteiger partial charge on any atom is 0.490 e. The van der Waals surface area contributed by atoms with Crippen molar-refractivity contribution in [3.05, 3.63) is 47.0 Å². The van der Waals surface area contributed by atoms with Crippen LogP contribution < -0.4 is 10.2 Å². The smallest absolute Gasteiger partial charge is 0.475 e. The Kier molecular flexibility index (Phi) is 11.6. The summed E-state index contributed by atoms with van der Waals surface area (Å²) in [6.07, 6.45) is -9.86. The SMILES string of the molecule is COCc1nc(NCCN2CCN(C)C(=O)C2)cc(N(C)Cc2cccc(C(F)(F)F)c2F)n1.O=C(O)C(F)(F)F. The van der Waals surface area contributed by atoms with Gasteiger partial charge in [0, 0.05) is 65.6 Å². The zero-order chi connectivity index (χ0) is 31.0. The van der Waals surface area contributed by atoms with Crippen molar-refractivity contribution in [2.24, 2.45) is 0 Å². The molecule has 1 aromatic carbocycles. The Labute approximate surface area is 230 Å². The lowest BCUT2D eigenvalue weighted by molar-refractivity contribution is -0.192. The molecule has 228 valence electrons. The van der Waals surface area contributed by atoms with Crippen LogP contribution in [0.2, 0.25) is 0 Å². The molecule has 0 radical (unpaired) electrons. The highest BCUT2D eigenvalue weighted by Gasteiger charge is 2.38. The number of piperazine rings is 1. The van der Waals surface area contributed by atoms with Crippen LogP contribution in [-0.2, 0) is 33.7 Å². The molecule has 0 atom stereocenters. The van der Waals surface area contributed by atoms with Gasteiger partial charge in [0.1, 0.15) is 24.1 Å². The van der Waals surface area contributed by atoms with Crippen molar-refractivity contribution in [2.75, 3.05) is 64.1 Å². The molecule has 2 heterocycles. The summed E-state index contributed by atoms with van der Waals surface area (Å²) in [5.41, 5.74) is -1.40. The number of aliphatic carboxylic acids is 1. The first kappa shape index (κ1) is 33.5. The van der Waals surface area contributed by atoms with Gasteiger partial charge in [-0.15, -0.1) is 0 Å². The van der Waals surface area contributed by atoms with Crippen LogP contribution in [-0.4, -0.2) is 96.9 Å². The number of anilines is 2. The van der Waals surface area contributed by atoms with Crippen LogP contribution in [0, 0.1) is 5.82 Å². The number of benzene rings is 1. The monoisotopic (exact) mass is 598 g/mol. The first-order chi connectivity index (χ1) is 19.0. The summed E-state index contributed by atoms with van der Waals surface area (Å²) in [5, 5.41) is 10.3. The number of nitrogens with one attached hydrogen (secondary N) is 1. The number of likely N-dealkylation sites (N-methyl/N-ethyl adjacent to an activating group) is 1. The zero-order valence-electron chi connectivity index (χ0n) is 22.3. The van der Waals surface area contributed by atoms with Crippen molar-refractivity contribution < 1.29 is 50.2 Å². The molecule has 1 aromatic heterocycles. The van der Waals surface area contributed by atoms with E-state index in [1.54, 1.807) is 30.0 Å². The van der Waals surface area contributed by atoms with Crippen molar-refractivity contribution in [1.82, 2.24) is 19.8 Å². The molecule has 0 bridgehead atoms. The maximum atomic E-state index is 14.5. The number of hydrogen-bond acceptors (Lipinski definition) is 8. The number of halogens is 7. The minimum Gasteiger partial charge on any atom is -0.475 e. The summed E-state index contributed by atoms with van der Waals surface area (Å²) >= 11 is 0. The van der Waals surface area contributed by atoms with E-state index in [9.17, 15) is 35.5 Å². The molecule has 1 aliphatic rings. The van der Waals surface area contributed by atoms with Gasteiger partial charge in [0.2, 0.25) is 5.91 Å². The molecular formula is C24H29F7N6O4. The maximum absolute atomic E-state index is 14.5. The Morgan fingerprint density at radius 3 is 2.39 bits per heavy atom. The molecule has 2 N–H and O–H groups in total. The number of aromatic nitrogens is 2. The largest absolute Gasteiger partial charge is 0.490 e. The van der Waals surface area contributed by atoms with Gasteiger partial charge in [-0.25, -0.2) is 19.2 Å². The number of rotatable bonds is 9. The highest BCUT2D eigenvalue weighted by atomic mass is 19.4. The predicted octanol–water partition coefficient (Wildman–Crippen LogP) is 3.24. The topological polar surface area (TPSA) is 111 Å². The second kappa shape index (κ2) is 14.2. The average molecular weight is 599 g/mol. The van der Waals surface area contributed by atoms with E-state index in [1.165, 1.54) is 19.2 Å². The molecule has 1 aliphatic heterocycles. The molecule has 0 saturated carbocycles. The number of hydrogen-bond donors (Lipinski definition) is 2. The van der Waals surface area contributed by atoms with Crippen molar-refractivity contribution >= 4 is 23.5 Å². The van der Waals surface area contributed by atoms with Crippen molar-refractivity contribution in [3.8, 4) is 0 Å². The minimum atomic E-state index is -5.08. The zero-order valence-corrected chi connectivity index (χ0v) is 22.3. The predicted molar refractivity (Wildman–Crippen MR) is 133 cm³/mol. The summed E-state index contributed by atoms with van der Waals surface area (Å²) in [6.45, 7) is 2.96. The Bertz CT molecular complexity index is 1200. The lowest BCUT2D eigenvalue weighted by Crippen LogP contribution is -2.49. The van der Waals surface area contributed by atoms with Crippen LogP contribution >= 0.6 is 0 Å². The molecule has 3 rings (SSSR count). The molecular weight excluding hydrogens is 569 g/mol. The Morgan fingerprint density at radius 1 is 1.17 bits per heavy atom. The van der Waals surface area contributed by atoms with E-state index in [1.807, 2.05) is 4.90 Å². The lowest BCUT2D eigenvalue weighted by Gasteiger charge is -2.31. The van der Waals surface area contributed by atoms with Gasteiger partial charge in [0.15, 0.2) is 5.82 Å². The second-order valence-electron chi connectivity index (χ2n) is 8.91. The van der Waals surface area contributed by atoms with Gasteiger partial charge in [0.05, 0.1) is 12.1 Å². The van der Waals surface area contributed by atoms with Crippen LogP contribution in [0.5, 0.6) is 0 Å². The number of carboxylic acid groups (broad SMARTS) is 1. The van der Waals surface area contributed by atoms with Gasteiger partial charge in [-0.3, -0.25) is 9.69 Å². The van der Waals surface area contributed by atoms with Crippen LogP contribution in [0.1, 0.15) is 17.0 Å². The molecule has 0 unspecified atom stereocenters. The van der Waals surface area contributed by atoms with Crippen LogP contribution in [0.15, 0.2) is 24.3 Å². The number of carbonyl (C=O) groups excluding carboxylic acids is 1. The number of alkyl halides is 6. The third-order valence-corrected chi connectivity index (χ3v) is 5.73. The van der Waals surface area contributed by atoms with Gasteiger partial charge in [-0.05, 0) is 6.07 Å². The van der Waals surface area contributed by atoms with Crippen molar-refractivity contribution in [2.45, 2.75) is 25.5 Å². The van der Waals surface area contributed by atoms with Gasteiger partial charge in [-0.2, -0.15) is 26.3 Å². The standard InChI is InChI=1S/C22H28F4N6O2.C2HF3O2/c1-30-9-10-32(13-20(30)33)8-7-27-17-11-19(29-18(28-17)14-34-3)31(2)12-15-5-4-6-16(21(15)23)22(24,25)26;3-2(4,5)1(6)7/h4-6,11H,7-10,12-14H2,1-3H3,(H,27,28,29);(H,6,7). The Balaban J connectivity index is 0.000000745. The van der Waals surface area contributed by atoms with Gasteiger partial charge in [-0.1, -0.05) is 12.1 Å². The fourth-order valence-corrected chi connectivity index (χ4v) is 3.56. The molecule has 0 spiro atoms. The van der Waals surface area contributed by atoms with Crippen LogP contribution in [0.3, 0.4) is 0 Å². The highest BCUT2D eigenvalue weighted by Crippen LogP contribution is 2.33. The number of carboxylic acids is 1. The highest BCUT2D eigenvalue weighted by molar-refractivity contribution is 5.78. The minimum absolute atomic E-state index is 0.0707. The Hall–Kier alpha value is -3.73. The molecule has 1 amide bonds. The van der Waals surface area contributed by atoms with E-state index in [0.717, 1.165) is 12.6 Å². The number of carbonyl (C=O) groups is 2. The molecule has 1 fully saturated rings. The van der Waals surface area contributed by atoms with E-state index in [2.05, 4.69) is 15.3 Å². The molecule has 1 saturated heterocycles. The third kappa shape index (κ3) is 10.3. The summed E-state index contributed by atoms with van der Waals surface area (Å²) < 4.78 is 90.5. The normalized spacial score (nSPS) is 14.4. The fraction of sp³-hybridized carbons (Fsp3) is 0.500. The molecule has 17 heteroatoms. The van der Waals surface area contributed by atoms with Gasteiger partial charge >= 0.3 is 18.3 Å². The molecule has 0 aliphatic carbocycles. The molecule has 41 heavy (non-hydrogen) atoms. The quantitative estimate of drug-likeness (QED) is 0.421. The second-order valence-corrected chi connectivity index (χ2v) is 8.91. The fourth-order valence-electron chi connectivity index (χ4n) is 3.56. The number of methoxy groups -OCH3 is 1.